The van der Waals surface area contributed by atoms with E-state index in [2.05, 4.69) is 14.8 Å². The Kier molecular flexibility index (Phi) is 3.47. The third-order valence-electron chi connectivity index (χ3n) is 6.14. The topological polar surface area (TPSA) is 58.6 Å². The number of nitrogens with zero attached hydrogens (tertiary/aromatic N) is 4. The molecule has 0 N–H and O–H groups in total. The molecule has 0 saturated carbocycles. The molecule has 5 rings (SSSR count). The van der Waals surface area contributed by atoms with Gasteiger partial charge in [0.1, 0.15) is 0 Å². The van der Waals surface area contributed by atoms with Crippen LogP contribution in [0.5, 0.6) is 0 Å². The zero-order chi connectivity index (χ0) is 16.1. The minimum absolute atomic E-state index is 0.0776. The van der Waals surface area contributed by atoms with Crippen molar-refractivity contribution in [1.29, 1.82) is 0 Å². The highest BCUT2D eigenvalue weighted by Gasteiger charge is 2.44. The Balaban J connectivity index is 1.35. The van der Waals surface area contributed by atoms with Gasteiger partial charge in [-0.1, -0.05) is 0 Å². The smallest absolute Gasteiger partial charge is 0.228 e. The van der Waals surface area contributed by atoms with Gasteiger partial charge in [0.25, 0.3) is 0 Å². The zero-order valence-electron chi connectivity index (χ0n) is 14.0. The number of likely N-dealkylation sites (tertiary alicyclic amines) is 1. The number of aromatic nitrogens is 2. The monoisotopic (exact) mass is 328 g/mol. The van der Waals surface area contributed by atoms with Crippen LogP contribution in [0.2, 0.25) is 0 Å². The molecule has 0 radical (unpaired) electrons. The number of rotatable bonds is 2. The molecule has 3 unspecified atom stereocenters. The Bertz CT molecular complexity index is 652. The lowest BCUT2D eigenvalue weighted by molar-refractivity contribution is -0.134. The van der Waals surface area contributed by atoms with Crippen molar-refractivity contribution in [3.05, 3.63) is 17.5 Å². The van der Waals surface area contributed by atoms with Crippen LogP contribution in [0.4, 0.5) is 5.95 Å². The van der Waals surface area contributed by atoms with Gasteiger partial charge in [0.05, 0.1) is 18.2 Å². The molecule has 24 heavy (non-hydrogen) atoms. The summed E-state index contributed by atoms with van der Waals surface area (Å²) in [6.45, 7) is 5.16. The molecular formula is C18H24N4O2. The van der Waals surface area contributed by atoms with Crippen molar-refractivity contribution >= 4 is 11.9 Å². The summed E-state index contributed by atoms with van der Waals surface area (Å²) in [6.07, 6.45) is 6.40. The quantitative estimate of drug-likeness (QED) is 0.817. The first-order valence-corrected chi connectivity index (χ1v) is 9.27. The fraction of sp³-hybridized carbons (Fsp3) is 0.722. The van der Waals surface area contributed by atoms with Crippen molar-refractivity contribution < 1.29 is 9.53 Å². The molecule has 1 aromatic rings. The molecule has 6 heteroatoms. The summed E-state index contributed by atoms with van der Waals surface area (Å²) >= 11 is 0. The molecule has 3 fully saturated rings. The van der Waals surface area contributed by atoms with Gasteiger partial charge in [-0.2, -0.15) is 0 Å². The summed E-state index contributed by atoms with van der Waals surface area (Å²) in [5.74, 6) is 2.18. The fourth-order valence-electron chi connectivity index (χ4n) is 4.80. The molecule has 6 nitrogen and oxygen atoms in total. The van der Waals surface area contributed by atoms with Crippen LogP contribution in [-0.2, 0) is 16.0 Å². The molecular weight excluding hydrogens is 304 g/mol. The number of anilines is 1. The number of hydrogen-bond acceptors (Lipinski definition) is 5. The molecule has 0 spiro atoms. The minimum atomic E-state index is 0.0776. The third-order valence-corrected chi connectivity index (χ3v) is 6.14. The van der Waals surface area contributed by atoms with Crippen LogP contribution in [-0.4, -0.2) is 60.2 Å². The highest BCUT2D eigenvalue weighted by atomic mass is 16.5. The Hall–Kier alpha value is -1.69. The second-order valence-corrected chi connectivity index (χ2v) is 7.65. The molecule has 1 amide bonds. The van der Waals surface area contributed by atoms with Gasteiger partial charge in [-0.25, -0.2) is 9.97 Å². The molecule has 0 aromatic carbocycles. The lowest BCUT2D eigenvalue weighted by Crippen LogP contribution is -2.35. The summed E-state index contributed by atoms with van der Waals surface area (Å²) < 4.78 is 5.39. The van der Waals surface area contributed by atoms with Crippen LogP contribution in [0.3, 0.4) is 0 Å². The van der Waals surface area contributed by atoms with E-state index in [1.54, 1.807) is 0 Å². The van der Waals surface area contributed by atoms with E-state index in [-0.39, 0.29) is 11.8 Å². The van der Waals surface area contributed by atoms with Gasteiger partial charge in [-0.3, -0.25) is 4.79 Å². The van der Waals surface area contributed by atoms with Gasteiger partial charge < -0.3 is 14.5 Å². The summed E-state index contributed by atoms with van der Waals surface area (Å²) in [7, 11) is 0. The Morgan fingerprint density at radius 3 is 2.92 bits per heavy atom. The van der Waals surface area contributed by atoms with Gasteiger partial charge >= 0.3 is 0 Å². The predicted molar refractivity (Wildman–Crippen MR) is 88.9 cm³/mol. The highest BCUT2D eigenvalue weighted by molar-refractivity contribution is 5.79. The Morgan fingerprint density at radius 1 is 1.25 bits per heavy atom. The highest BCUT2D eigenvalue weighted by Crippen LogP contribution is 2.42. The summed E-state index contributed by atoms with van der Waals surface area (Å²) in [6, 6.07) is 0. The average Bonchev–Trinajstić information content (AvgIpc) is 3.37. The normalized spacial score (nSPS) is 31.6. The molecule has 4 aliphatic rings. The van der Waals surface area contributed by atoms with Crippen LogP contribution in [0, 0.1) is 11.8 Å². The lowest BCUT2D eigenvalue weighted by Gasteiger charge is -2.21. The number of amides is 1. The second-order valence-electron chi connectivity index (χ2n) is 7.65. The standard InChI is InChI=1S/C18H24N4O2/c23-17(12-3-6-24-11-12)22-9-14-7-13-8-19-18(21-4-1-2-5-21)20-16(13)15(14)10-22/h8,12,14-15H,1-7,9-11H2. The number of carbonyl (C=O) groups excluding carboxylic acids is 1. The van der Waals surface area contributed by atoms with Crippen molar-refractivity contribution in [2.75, 3.05) is 44.3 Å². The lowest BCUT2D eigenvalue weighted by atomic mass is 9.99. The molecule has 128 valence electrons. The molecule has 3 aliphatic heterocycles. The van der Waals surface area contributed by atoms with Crippen LogP contribution in [0.15, 0.2) is 6.20 Å². The molecule has 1 aliphatic carbocycles. The Morgan fingerprint density at radius 2 is 2.12 bits per heavy atom. The van der Waals surface area contributed by atoms with Gasteiger partial charge in [0.2, 0.25) is 11.9 Å². The molecule has 1 aromatic heterocycles. The maximum Gasteiger partial charge on any atom is 0.228 e. The van der Waals surface area contributed by atoms with Crippen molar-refractivity contribution in [2.24, 2.45) is 11.8 Å². The minimum Gasteiger partial charge on any atom is -0.381 e. The van der Waals surface area contributed by atoms with Crippen LogP contribution in [0.25, 0.3) is 0 Å². The average molecular weight is 328 g/mol. The Labute approximate surface area is 142 Å². The van der Waals surface area contributed by atoms with E-state index in [4.69, 9.17) is 9.72 Å². The van der Waals surface area contributed by atoms with Crippen molar-refractivity contribution in [3.63, 3.8) is 0 Å². The first-order valence-electron chi connectivity index (χ1n) is 9.27. The van der Waals surface area contributed by atoms with E-state index < -0.39 is 0 Å². The predicted octanol–water partition coefficient (Wildman–Crippen LogP) is 1.21. The summed E-state index contributed by atoms with van der Waals surface area (Å²) in [5, 5.41) is 0. The van der Waals surface area contributed by atoms with Gasteiger partial charge in [-0.05, 0) is 37.2 Å². The molecule has 4 heterocycles. The fourth-order valence-corrected chi connectivity index (χ4v) is 4.80. The van der Waals surface area contributed by atoms with E-state index in [1.807, 2.05) is 6.20 Å². The van der Waals surface area contributed by atoms with Gasteiger partial charge in [-0.15, -0.1) is 0 Å². The van der Waals surface area contributed by atoms with E-state index in [0.29, 0.717) is 18.4 Å². The number of hydrogen-bond donors (Lipinski definition) is 0. The van der Waals surface area contributed by atoms with Crippen molar-refractivity contribution in [3.8, 4) is 0 Å². The maximum absolute atomic E-state index is 12.7. The van der Waals surface area contributed by atoms with Crippen LogP contribution < -0.4 is 4.90 Å². The van der Waals surface area contributed by atoms with Gasteiger partial charge in [0, 0.05) is 44.9 Å². The second kappa shape index (κ2) is 5.69. The van der Waals surface area contributed by atoms with Gasteiger partial charge in [0.15, 0.2) is 0 Å². The summed E-state index contributed by atoms with van der Waals surface area (Å²) in [4.78, 5) is 26.5. The van der Waals surface area contributed by atoms with E-state index >= 15 is 0 Å². The maximum atomic E-state index is 12.7. The first-order chi connectivity index (χ1) is 11.8. The van der Waals surface area contributed by atoms with Crippen LogP contribution in [0.1, 0.15) is 36.4 Å². The van der Waals surface area contributed by atoms with Crippen molar-refractivity contribution in [1.82, 2.24) is 14.9 Å². The largest absolute Gasteiger partial charge is 0.381 e. The third kappa shape index (κ3) is 2.31. The van der Waals surface area contributed by atoms with Crippen molar-refractivity contribution in [2.45, 2.75) is 31.6 Å². The molecule has 3 atom stereocenters. The summed E-state index contributed by atoms with van der Waals surface area (Å²) in [5.41, 5.74) is 2.50. The molecule has 0 bridgehead atoms. The first kappa shape index (κ1) is 14.6. The number of carbonyl (C=O) groups is 1. The number of ether oxygens (including phenoxy) is 1. The zero-order valence-corrected chi connectivity index (χ0v) is 14.0. The van der Waals surface area contributed by atoms with E-state index in [1.165, 1.54) is 24.1 Å². The van der Waals surface area contributed by atoms with Crippen LogP contribution >= 0.6 is 0 Å². The van der Waals surface area contributed by atoms with E-state index in [9.17, 15) is 4.79 Å². The van der Waals surface area contributed by atoms with E-state index in [0.717, 1.165) is 51.6 Å². The SMILES string of the molecule is O=C(C1CCOC1)N1CC2Cc3cnc(N4CCCC4)nc3C2C1. The number of fused-ring (bicyclic) bond motifs is 3. The molecule has 3 saturated heterocycles.